The number of hydrogen-bond acceptors (Lipinski definition) is 4. The van der Waals surface area contributed by atoms with E-state index in [0.717, 1.165) is 40.4 Å². The summed E-state index contributed by atoms with van der Waals surface area (Å²) >= 11 is 6.07. The summed E-state index contributed by atoms with van der Waals surface area (Å²) < 4.78 is 5.17. The summed E-state index contributed by atoms with van der Waals surface area (Å²) in [5.74, 6) is 2.38. The minimum Gasteiger partial charge on any atom is -0.497 e. The van der Waals surface area contributed by atoms with Crippen molar-refractivity contribution in [2.24, 2.45) is 0 Å². The van der Waals surface area contributed by atoms with Crippen molar-refractivity contribution in [3.8, 4) is 5.75 Å². The number of aromatic nitrogens is 2. The van der Waals surface area contributed by atoms with Gasteiger partial charge in [0, 0.05) is 22.5 Å². The fourth-order valence-corrected chi connectivity index (χ4v) is 2.38. The van der Waals surface area contributed by atoms with Gasteiger partial charge in [-0.3, -0.25) is 0 Å². The lowest BCUT2D eigenvalue weighted by Gasteiger charge is -2.11. The molecule has 0 atom stereocenters. The van der Waals surface area contributed by atoms with E-state index in [0.29, 0.717) is 5.02 Å². The number of nitrogens with one attached hydrogen (secondary N) is 1. The van der Waals surface area contributed by atoms with Crippen LogP contribution in [0.2, 0.25) is 5.02 Å². The van der Waals surface area contributed by atoms with Gasteiger partial charge in [-0.25, -0.2) is 9.97 Å². The fourth-order valence-electron chi connectivity index (χ4n) is 2.22. The molecule has 0 unspecified atom stereocenters. The van der Waals surface area contributed by atoms with Crippen LogP contribution in [0.4, 0.5) is 11.5 Å². The van der Waals surface area contributed by atoms with Crippen molar-refractivity contribution >= 4 is 34.0 Å². The molecule has 0 aliphatic rings. The monoisotopic (exact) mass is 313 g/mol. The largest absolute Gasteiger partial charge is 0.497 e. The highest BCUT2D eigenvalue weighted by atomic mass is 35.5. The maximum Gasteiger partial charge on any atom is 0.142 e. The smallest absolute Gasteiger partial charge is 0.142 e. The lowest BCUT2D eigenvalue weighted by atomic mass is 10.2. The second-order valence-electron chi connectivity index (χ2n) is 4.86. The molecule has 3 rings (SSSR count). The highest BCUT2D eigenvalue weighted by Crippen LogP contribution is 2.27. The third-order valence-electron chi connectivity index (χ3n) is 3.37. The van der Waals surface area contributed by atoms with E-state index >= 15 is 0 Å². The average Bonchev–Trinajstić information content (AvgIpc) is 2.55. The van der Waals surface area contributed by atoms with Crippen molar-refractivity contribution < 1.29 is 4.74 Å². The first kappa shape index (κ1) is 14.6. The summed E-state index contributed by atoms with van der Waals surface area (Å²) in [4.78, 5) is 9.12. The van der Waals surface area contributed by atoms with Crippen LogP contribution in [-0.2, 0) is 6.42 Å². The first-order chi connectivity index (χ1) is 10.7. The minimum atomic E-state index is 0.670. The molecule has 0 saturated carbocycles. The van der Waals surface area contributed by atoms with Crippen LogP contribution in [0.25, 0.3) is 10.9 Å². The first-order valence-electron chi connectivity index (χ1n) is 7.07. The molecule has 0 aliphatic heterocycles. The molecule has 5 heteroatoms. The molecule has 2 aromatic carbocycles. The molecular weight excluding hydrogens is 298 g/mol. The molecule has 0 bridgehead atoms. The van der Waals surface area contributed by atoms with Crippen LogP contribution in [0.5, 0.6) is 5.75 Å². The number of halogens is 1. The van der Waals surface area contributed by atoms with Crippen molar-refractivity contribution in [1.29, 1.82) is 0 Å². The second kappa shape index (κ2) is 6.20. The van der Waals surface area contributed by atoms with Gasteiger partial charge in [-0.15, -0.1) is 0 Å². The third kappa shape index (κ3) is 2.97. The van der Waals surface area contributed by atoms with Crippen molar-refractivity contribution in [2.45, 2.75) is 13.3 Å². The minimum absolute atomic E-state index is 0.670. The van der Waals surface area contributed by atoms with E-state index in [1.165, 1.54) is 0 Å². The van der Waals surface area contributed by atoms with Gasteiger partial charge in [0.05, 0.1) is 12.6 Å². The molecule has 4 nitrogen and oxygen atoms in total. The Labute approximate surface area is 134 Å². The Morgan fingerprint density at radius 2 is 1.86 bits per heavy atom. The van der Waals surface area contributed by atoms with E-state index in [1.54, 1.807) is 7.11 Å². The third-order valence-corrected chi connectivity index (χ3v) is 3.61. The molecule has 22 heavy (non-hydrogen) atoms. The van der Waals surface area contributed by atoms with Crippen LogP contribution < -0.4 is 10.1 Å². The standard InChI is InChI=1S/C17H16ClN3O/c1-3-16-20-15-10-11(18)4-9-14(15)17(21-16)19-12-5-7-13(22-2)8-6-12/h4-10H,3H2,1-2H3,(H,19,20,21). The summed E-state index contributed by atoms with van der Waals surface area (Å²) in [5.41, 5.74) is 1.79. The van der Waals surface area contributed by atoms with Gasteiger partial charge in [0.25, 0.3) is 0 Å². The SMILES string of the molecule is CCc1nc(Nc2ccc(OC)cc2)c2ccc(Cl)cc2n1. The predicted octanol–water partition coefficient (Wildman–Crippen LogP) is 4.60. The molecule has 0 spiro atoms. The highest BCUT2D eigenvalue weighted by Gasteiger charge is 2.08. The van der Waals surface area contributed by atoms with Crippen molar-refractivity contribution in [3.05, 3.63) is 53.3 Å². The molecule has 1 heterocycles. The number of ether oxygens (including phenoxy) is 1. The zero-order valence-electron chi connectivity index (χ0n) is 12.4. The van der Waals surface area contributed by atoms with Crippen LogP contribution in [0.1, 0.15) is 12.7 Å². The van der Waals surface area contributed by atoms with Gasteiger partial charge in [-0.1, -0.05) is 18.5 Å². The molecule has 0 aliphatic carbocycles. The molecule has 3 aromatic rings. The van der Waals surface area contributed by atoms with E-state index in [1.807, 2.05) is 49.4 Å². The molecule has 0 radical (unpaired) electrons. The van der Waals surface area contributed by atoms with Gasteiger partial charge < -0.3 is 10.1 Å². The van der Waals surface area contributed by atoms with Gasteiger partial charge >= 0.3 is 0 Å². The van der Waals surface area contributed by atoms with E-state index in [9.17, 15) is 0 Å². The first-order valence-corrected chi connectivity index (χ1v) is 7.44. The number of rotatable bonds is 4. The molecule has 0 saturated heterocycles. The van der Waals surface area contributed by atoms with E-state index in [4.69, 9.17) is 16.3 Å². The Kier molecular flexibility index (Phi) is 4.11. The number of aryl methyl sites for hydroxylation is 1. The van der Waals surface area contributed by atoms with Crippen LogP contribution in [0.3, 0.4) is 0 Å². The molecule has 0 fully saturated rings. The molecule has 1 N–H and O–H groups in total. The van der Waals surface area contributed by atoms with Crippen LogP contribution >= 0.6 is 11.6 Å². The molecule has 0 amide bonds. The zero-order chi connectivity index (χ0) is 15.5. The lowest BCUT2D eigenvalue weighted by molar-refractivity contribution is 0.415. The number of anilines is 2. The molecule has 112 valence electrons. The van der Waals surface area contributed by atoms with Crippen molar-refractivity contribution in [1.82, 2.24) is 9.97 Å². The maximum atomic E-state index is 6.07. The Hall–Kier alpha value is -2.33. The zero-order valence-corrected chi connectivity index (χ0v) is 13.2. The predicted molar refractivity (Wildman–Crippen MR) is 90.2 cm³/mol. The quantitative estimate of drug-likeness (QED) is 0.764. The summed E-state index contributed by atoms with van der Waals surface area (Å²) in [6.45, 7) is 2.03. The van der Waals surface area contributed by atoms with Crippen molar-refractivity contribution in [2.75, 3.05) is 12.4 Å². The van der Waals surface area contributed by atoms with Crippen LogP contribution in [-0.4, -0.2) is 17.1 Å². The summed E-state index contributed by atoms with van der Waals surface area (Å²) in [6, 6.07) is 13.4. The Morgan fingerprint density at radius 3 is 2.55 bits per heavy atom. The van der Waals surface area contributed by atoms with Gasteiger partial charge in [0.1, 0.15) is 17.4 Å². The maximum absolute atomic E-state index is 6.07. The number of fused-ring (bicyclic) bond motifs is 1. The molecular formula is C17H16ClN3O. The Balaban J connectivity index is 2.04. The van der Waals surface area contributed by atoms with Crippen LogP contribution in [0, 0.1) is 0 Å². The van der Waals surface area contributed by atoms with Crippen LogP contribution in [0.15, 0.2) is 42.5 Å². The number of nitrogens with zero attached hydrogens (tertiary/aromatic N) is 2. The van der Waals surface area contributed by atoms with Gasteiger partial charge in [-0.05, 0) is 42.5 Å². The lowest BCUT2D eigenvalue weighted by Crippen LogP contribution is -2.01. The van der Waals surface area contributed by atoms with E-state index in [-0.39, 0.29) is 0 Å². The fraction of sp³-hybridized carbons (Fsp3) is 0.176. The summed E-state index contributed by atoms with van der Waals surface area (Å²) in [7, 11) is 1.65. The second-order valence-corrected chi connectivity index (χ2v) is 5.29. The van der Waals surface area contributed by atoms with E-state index < -0.39 is 0 Å². The van der Waals surface area contributed by atoms with Gasteiger partial charge in [-0.2, -0.15) is 0 Å². The van der Waals surface area contributed by atoms with Crippen molar-refractivity contribution in [3.63, 3.8) is 0 Å². The number of benzene rings is 2. The number of methoxy groups -OCH3 is 1. The Bertz CT molecular complexity index is 803. The topological polar surface area (TPSA) is 47.0 Å². The highest BCUT2D eigenvalue weighted by molar-refractivity contribution is 6.31. The summed E-state index contributed by atoms with van der Waals surface area (Å²) in [5, 5.41) is 4.95. The number of hydrogen-bond donors (Lipinski definition) is 1. The Morgan fingerprint density at radius 1 is 1.09 bits per heavy atom. The normalized spacial score (nSPS) is 10.7. The van der Waals surface area contributed by atoms with Gasteiger partial charge in [0.2, 0.25) is 0 Å². The van der Waals surface area contributed by atoms with E-state index in [2.05, 4.69) is 15.3 Å². The van der Waals surface area contributed by atoms with Gasteiger partial charge in [0.15, 0.2) is 0 Å². The average molecular weight is 314 g/mol. The summed E-state index contributed by atoms with van der Waals surface area (Å²) in [6.07, 6.45) is 0.764. The molecule has 1 aromatic heterocycles.